The van der Waals surface area contributed by atoms with E-state index in [1.807, 2.05) is 7.11 Å². The Labute approximate surface area is 135 Å². The van der Waals surface area contributed by atoms with E-state index < -0.39 is 0 Å². The lowest BCUT2D eigenvalue weighted by Gasteiger charge is -2.14. The van der Waals surface area contributed by atoms with Crippen LogP contribution < -0.4 is 0 Å². The van der Waals surface area contributed by atoms with Gasteiger partial charge in [0.05, 0.1) is 6.10 Å². The van der Waals surface area contributed by atoms with Gasteiger partial charge in [-0.2, -0.15) is 0 Å². The number of benzene rings is 1. The molecule has 1 nitrogen and oxygen atoms in total. The number of hydrogen-bond donors (Lipinski definition) is 0. The first-order valence-electron chi connectivity index (χ1n) is 8.43. The van der Waals surface area contributed by atoms with E-state index in [4.69, 9.17) is 4.74 Å². The second kappa shape index (κ2) is 9.42. The average Bonchev–Trinajstić information content (AvgIpc) is 2.79. The molecule has 0 fully saturated rings. The molecule has 118 valence electrons. The van der Waals surface area contributed by atoms with E-state index in [0.717, 1.165) is 32.1 Å². The molecule has 1 heteroatoms. The SMILES string of the molecule is CCCC(CC1=CC=C(CCc2ccccc2)CC=C1)OC. The summed E-state index contributed by atoms with van der Waals surface area (Å²) < 4.78 is 5.57. The predicted octanol–water partition coefficient (Wildman–Crippen LogP) is 5.64. The van der Waals surface area contributed by atoms with Gasteiger partial charge in [0.2, 0.25) is 0 Å². The molecule has 1 aromatic rings. The number of ether oxygens (including phenoxy) is 1. The zero-order valence-corrected chi connectivity index (χ0v) is 13.9. The van der Waals surface area contributed by atoms with E-state index in [-0.39, 0.29) is 0 Å². The van der Waals surface area contributed by atoms with Crippen molar-refractivity contribution in [3.63, 3.8) is 0 Å². The van der Waals surface area contributed by atoms with Crippen LogP contribution in [-0.4, -0.2) is 13.2 Å². The number of allylic oxidation sites excluding steroid dienone is 5. The van der Waals surface area contributed by atoms with Gasteiger partial charge in [0, 0.05) is 7.11 Å². The molecule has 1 aliphatic carbocycles. The Morgan fingerprint density at radius 3 is 2.64 bits per heavy atom. The smallest absolute Gasteiger partial charge is 0.0611 e. The maximum Gasteiger partial charge on any atom is 0.0611 e. The van der Waals surface area contributed by atoms with Crippen LogP contribution in [0.1, 0.15) is 44.6 Å². The summed E-state index contributed by atoms with van der Waals surface area (Å²) in [6.45, 7) is 2.21. The monoisotopic (exact) mass is 296 g/mol. The summed E-state index contributed by atoms with van der Waals surface area (Å²) in [7, 11) is 1.82. The standard InChI is InChI=1S/C21H28O/c1-3-8-21(22-2)17-20-12-7-11-19(15-16-20)14-13-18-9-5-4-6-10-18/h4-7,9-10,12,15-16,21H,3,8,11,13-14,17H2,1-2H3. The summed E-state index contributed by atoms with van der Waals surface area (Å²) in [4.78, 5) is 0. The molecule has 0 saturated carbocycles. The highest BCUT2D eigenvalue weighted by Gasteiger charge is 2.08. The van der Waals surface area contributed by atoms with Crippen molar-refractivity contribution in [2.75, 3.05) is 7.11 Å². The zero-order chi connectivity index (χ0) is 15.6. The Morgan fingerprint density at radius 1 is 1.09 bits per heavy atom. The van der Waals surface area contributed by atoms with E-state index in [1.54, 1.807) is 0 Å². The van der Waals surface area contributed by atoms with Gasteiger partial charge in [-0.25, -0.2) is 0 Å². The predicted molar refractivity (Wildman–Crippen MR) is 95.0 cm³/mol. The van der Waals surface area contributed by atoms with E-state index in [1.165, 1.54) is 23.1 Å². The molecule has 0 saturated heterocycles. The molecule has 0 amide bonds. The second-order valence-corrected chi connectivity index (χ2v) is 6.01. The van der Waals surface area contributed by atoms with Crippen LogP contribution in [-0.2, 0) is 11.2 Å². The molecule has 1 unspecified atom stereocenters. The molecule has 1 aromatic carbocycles. The quantitative estimate of drug-likeness (QED) is 0.603. The van der Waals surface area contributed by atoms with Crippen LogP contribution in [0.25, 0.3) is 0 Å². The van der Waals surface area contributed by atoms with E-state index in [0.29, 0.717) is 6.10 Å². The van der Waals surface area contributed by atoms with Crippen LogP contribution in [0.4, 0.5) is 0 Å². The van der Waals surface area contributed by atoms with Crippen LogP contribution in [0.15, 0.2) is 65.8 Å². The van der Waals surface area contributed by atoms with Crippen molar-refractivity contribution in [2.45, 2.75) is 51.6 Å². The van der Waals surface area contributed by atoms with Gasteiger partial charge in [0.25, 0.3) is 0 Å². The summed E-state index contributed by atoms with van der Waals surface area (Å²) in [5, 5.41) is 0. The average molecular weight is 296 g/mol. The van der Waals surface area contributed by atoms with Crippen LogP contribution in [0, 0.1) is 0 Å². The van der Waals surface area contributed by atoms with Crippen LogP contribution in [0.3, 0.4) is 0 Å². The highest BCUT2D eigenvalue weighted by molar-refractivity contribution is 5.32. The Bertz CT molecular complexity index is 522. The van der Waals surface area contributed by atoms with Gasteiger partial charge in [-0.15, -0.1) is 0 Å². The van der Waals surface area contributed by atoms with Gasteiger partial charge >= 0.3 is 0 Å². The third-order valence-corrected chi connectivity index (χ3v) is 4.23. The van der Waals surface area contributed by atoms with E-state index in [2.05, 4.69) is 61.6 Å². The van der Waals surface area contributed by atoms with Gasteiger partial charge in [-0.05, 0) is 43.2 Å². The molecule has 2 rings (SSSR count). The minimum Gasteiger partial charge on any atom is -0.381 e. The highest BCUT2D eigenvalue weighted by Crippen LogP contribution is 2.21. The third-order valence-electron chi connectivity index (χ3n) is 4.23. The van der Waals surface area contributed by atoms with Crippen molar-refractivity contribution < 1.29 is 4.74 Å². The molecule has 0 N–H and O–H groups in total. The maximum absolute atomic E-state index is 5.57. The maximum atomic E-state index is 5.57. The molecular formula is C21H28O. The first kappa shape index (κ1) is 16.8. The van der Waals surface area contributed by atoms with Crippen LogP contribution in [0.5, 0.6) is 0 Å². The van der Waals surface area contributed by atoms with Crippen LogP contribution in [0.2, 0.25) is 0 Å². The highest BCUT2D eigenvalue weighted by atomic mass is 16.5. The van der Waals surface area contributed by atoms with Gasteiger partial charge in [-0.1, -0.05) is 73.6 Å². The normalized spacial score (nSPS) is 15.9. The van der Waals surface area contributed by atoms with Crippen LogP contribution >= 0.6 is 0 Å². The molecule has 0 heterocycles. The lowest BCUT2D eigenvalue weighted by Crippen LogP contribution is -2.10. The second-order valence-electron chi connectivity index (χ2n) is 6.01. The van der Waals surface area contributed by atoms with Crippen molar-refractivity contribution in [3.8, 4) is 0 Å². The zero-order valence-electron chi connectivity index (χ0n) is 13.9. The fourth-order valence-corrected chi connectivity index (χ4v) is 2.87. The summed E-state index contributed by atoms with van der Waals surface area (Å²) in [6.07, 6.45) is 16.2. The molecule has 0 aliphatic heterocycles. The summed E-state index contributed by atoms with van der Waals surface area (Å²) in [6, 6.07) is 10.7. The van der Waals surface area contributed by atoms with E-state index in [9.17, 15) is 0 Å². The topological polar surface area (TPSA) is 9.23 Å². The molecule has 1 atom stereocenters. The molecule has 0 bridgehead atoms. The lowest BCUT2D eigenvalue weighted by molar-refractivity contribution is 0.0956. The van der Waals surface area contributed by atoms with Crippen molar-refractivity contribution >= 4 is 0 Å². The number of hydrogen-bond acceptors (Lipinski definition) is 1. The van der Waals surface area contributed by atoms with Crippen molar-refractivity contribution in [1.29, 1.82) is 0 Å². The molecule has 0 aromatic heterocycles. The van der Waals surface area contributed by atoms with E-state index >= 15 is 0 Å². The first-order chi connectivity index (χ1) is 10.8. The number of aryl methyl sites for hydroxylation is 1. The number of methoxy groups -OCH3 is 1. The third kappa shape index (κ3) is 5.65. The molecule has 0 radical (unpaired) electrons. The van der Waals surface area contributed by atoms with Crippen molar-refractivity contribution in [3.05, 3.63) is 71.3 Å². The fourth-order valence-electron chi connectivity index (χ4n) is 2.87. The minimum atomic E-state index is 0.347. The first-order valence-corrected chi connectivity index (χ1v) is 8.43. The van der Waals surface area contributed by atoms with Crippen molar-refractivity contribution in [2.24, 2.45) is 0 Å². The van der Waals surface area contributed by atoms with Gasteiger partial charge < -0.3 is 4.74 Å². The Hall–Kier alpha value is -1.60. The van der Waals surface area contributed by atoms with Crippen molar-refractivity contribution in [1.82, 2.24) is 0 Å². The number of rotatable bonds is 8. The lowest BCUT2D eigenvalue weighted by atomic mass is 10.0. The Balaban J connectivity index is 1.91. The molecule has 1 aliphatic rings. The summed E-state index contributed by atoms with van der Waals surface area (Å²) in [5.41, 5.74) is 4.32. The minimum absolute atomic E-state index is 0.347. The summed E-state index contributed by atoms with van der Waals surface area (Å²) >= 11 is 0. The largest absolute Gasteiger partial charge is 0.381 e. The summed E-state index contributed by atoms with van der Waals surface area (Å²) in [5.74, 6) is 0. The molecule has 22 heavy (non-hydrogen) atoms. The van der Waals surface area contributed by atoms with Gasteiger partial charge in [0.1, 0.15) is 0 Å². The Morgan fingerprint density at radius 2 is 1.91 bits per heavy atom. The van der Waals surface area contributed by atoms with Gasteiger partial charge in [0.15, 0.2) is 0 Å². The molecular weight excluding hydrogens is 268 g/mol. The Kier molecular flexibility index (Phi) is 7.18. The molecule has 0 spiro atoms. The van der Waals surface area contributed by atoms with Gasteiger partial charge in [-0.3, -0.25) is 0 Å². The fraction of sp³-hybridized carbons (Fsp3) is 0.429.